The SMILES string of the molecule is CCN=C(CC)CN=N. The fourth-order valence-corrected chi connectivity index (χ4v) is 0.588. The monoisotopic (exact) mass is 127 g/mol. The Labute approximate surface area is 55.7 Å². The molecule has 0 saturated carbocycles. The van der Waals surface area contributed by atoms with Crippen LogP contribution >= 0.6 is 0 Å². The van der Waals surface area contributed by atoms with E-state index in [1.807, 2.05) is 13.8 Å². The van der Waals surface area contributed by atoms with Gasteiger partial charge in [0.25, 0.3) is 0 Å². The van der Waals surface area contributed by atoms with E-state index in [0.717, 1.165) is 18.7 Å². The van der Waals surface area contributed by atoms with E-state index >= 15 is 0 Å². The zero-order chi connectivity index (χ0) is 7.11. The third-order valence-corrected chi connectivity index (χ3v) is 1.05. The van der Waals surface area contributed by atoms with Crippen LogP contribution in [0.2, 0.25) is 0 Å². The first-order chi connectivity index (χ1) is 4.35. The van der Waals surface area contributed by atoms with E-state index in [0.29, 0.717) is 6.54 Å². The van der Waals surface area contributed by atoms with Gasteiger partial charge in [-0.05, 0) is 13.3 Å². The molecular weight excluding hydrogens is 114 g/mol. The maximum Gasteiger partial charge on any atom is 0.0974 e. The van der Waals surface area contributed by atoms with Crippen LogP contribution in [-0.2, 0) is 0 Å². The molecule has 9 heavy (non-hydrogen) atoms. The van der Waals surface area contributed by atoms with Gasteiger partial charge >= 0.3 is 0 Å². The highest BCUT2D eigenvalue weighted by Crippen LogP contribution is 1.86. The van der Waals surface area contributed by atoms with Gasteiger partial charge in [-0.2, -0.15) is 5.11 Å². The molecule has 0 aromatic carbocycles. The average Bonchev–Trinajstić information content (AvgIpc) is 1.88. The van der Waals surface area contributed by atoms with Crippen molar-refractivity contribution in [3.05, 3.63) is 0 Å². The fraction of sp³-hybridized carbons (Fsp3) is 0.833. The minimum Gasteiger partial charge on any atom is -0.292 e. The van der Waals surface area contributed by atoms with Gasteiger partial charge in [0.15, 0.2) is 0 Å². The Kier molecular flexibility index (Phi) is 4.97. The van der Waals surface area contributed by atoms with E-state index in [1.54, 1.807) is 0 Å². The van der Waals surface area contributed by atoms with E-state index in [9.17, 15) is 0 Å². The lowest BCUT2D eigenvalue weighted by atomic mass is 10.3. The summed E-state index contributed by atoms with van der Waals surface area (Å²) in [7, 11) is 0. The minimum absolute atomic E-state index is 0.477. The Morgan fingerprint density at radius 3 is 2.44 bits per heavy atom. The summed E-state index contributed by atoms with van der Waals surface area (Å²) in [5.74, 6) is 0. The van der Waals surface area contributed by atoms with E-state index < -0.39 is 0 Å². The molecule has 1 N–H and O–H groups in total. The van der Waals surface area contributed by atoms with Crippen molar-refractivity contribution in [1.82, 2.24) is 0 Å². The summed E-state index contributed by atoms with van der Waals surface area (Å²) in [6.45, 7) is 5.29. The van der Waals surface area contributed by atoms with E-state index in [-0.39, 0.29) is 0 Å². The molecule has 0 aliphatic rings. The lowest BCUT2D eigenvalue weighted by Gasteiger charge is -1.94. The predicted octanol–water partition coefficient (Wildman–Crippen LogP) is 1.89. The van der Waals surface area contributed by atoms with Crippen LogP contribution in [-0.4, -0.2) is 18.8 Å². The molecule has 0 heterocycles. The van der Waals surface area contributed by atoms with Gasteiger partial charge in [0.2, 0.25) is 0 Å². The van der Waals surface area contributed by atoms with Crippen LogP contribution in [0, 0.1) is 5.53 Å². The highest BCUT2D eigenvalue weighted by atomic mass is 15.0. The van der Waals surface area contributed by atoms with E-state index in [2.05, 4.69) is 10.1 Å². The number of hydrogen-bond acceptors (Lipinski definition) is 3. The Hall–Kier alpha value is -0.730. The summed E-state index contributed by atoms with van der Waals surface area (Å²) in [6, 6.07) is 0. The molecule has 0 aliphatic carbocycles. The van der Waals surface area contributed by atoms with Crippen molar-refractivity contribution < 1.29 is 0 Å². The first kappa shape index (κ1) is 8.27. The number of rotatable bonds is 4. The quantitative estimate of drug-likeness (QED) is 0.443. The zero-order valence-corrected chi connectivity index (χ0v) is 6.02. The van der Waals surface area contributed by atoms with Crippen LogP contribution in [0.15, 0.2) is 10.1 Å². The summed E-state index contributed by atoms with van der Waals surface area (Å²) in [5.41, 5.74) is 7.58. The van der Waals surface area contributed by atoms with Crippen molar-refractivity contribution in [2.24, 2.45) is 10.1 Å². The Morgan fingerprint density at radius 1 is 1.44 bits per heavy atom. The van der Waals surface area contributed by atoms with Crippen molar-refractivity contribution >= 4 is 5.71 Å². The number of aliphatic imine (C=N–C) groups is 1. The maximum atomic E-state index is 6.56. The molecule has 0 aliphatic heterocycles. The van der Waals surface area contributed by atoms with Gasteiger partial charge in [-0.1, -0.05) is 6.92 Å². The van der Waals surface area contributed by atoms with Crippen LogP contribution in [0.1, 0.15) is 20.3 Å². The summed E-state index contributed by atoms with van der Waals surface area (Å²) in [6.07, 6.45) is 0.913. The smallest absolute Gasteiger partial charge is 0.0974 e. The normalized spacial score (nSPS) is 11.6. The lowest BCUT2D eigenvalue weighted by molar-refractivity contribution is 0.985. The molecule has 0 amide bonds. The van der Waals surface area contributed by atoms with Crippen LogP contribution in [0.25, 0.3) is 0 Å². The zero-order valence-electron chi connectivity index (χ0n) is 6.02. The minimum atomic E-state index is 0.477. The molecule has 52 valence electrons. The Morgan fingerprint density at radius 2 is 2.11 bits per heavy atom. The molecule has 3 heteroatoms. The van der Waals surface area contributed by atoms with Gasteiger partial charge in [-0.15, -0.1) is 0 Å². The van der Waals surface area contributed by atoms with Gasteiger partial charge < -0.3 is 0 Å². The molecule has 0 radical (unpaired) electrons. The summed E-state index contributed by atoms with van der Waals surface area (Å²) in [4.78, 5) is 4.14. The predicted molar refractivity (Wildman–Crippen MR) is 38.3 cm³/mol. The molecule has 0 spiro atoms. The topological polar surface area (TPSA) is 48.6 Å². The third-order valence-electron chi connectivity index (χ3n) is 1.05. The second-order valence-corrected chi connectivity index (χ2v) is 1.71. The van der Waals surface area contributed by atoms with Gasteiger partial charge in [0.05, 0.1) is 6.54 Å². The third kappa shape index (κ3) is 3.82. The fourth-order valence-electron chi connectivity index (χ4n) is 0.588. The van der Waals surface area contributed by atoms with Crippen molar-refractivity contribution in [1.29, 1.82) is 5.53 Å². The molecular formula is C6H13N3. The van der Waals surface area contributed by atoms with Crippen LogP contribution < -0.4 is 0 Å². The molecule has 3 nitrogen and oxygen atoms in total. The second-order valence-electron chi connectivity index (χ2n) is 1.71. The van der Waals surface area contributed by atoms with Gasteiger partial charge in [-0.25, -0.2) is 5.53 Å². The molecule has 0 saturated heterocycles. The summed E-state index contributed by atoms with van der Waals surface area (Å²) >= 11 is 0. The Bertz CT molecular complexity index is 107. The van der Waals surface area contributed by atoms with Gasteiger partial charge in [0, 0.05) is 12.3 Å². The highest BCUT2D eigenvalue weighted by molar-refractivity contribution is 5.86. The van der Waals surface area contributed by atoms with Crippen molar-refractivity contribution in [3.63, 3.8) is 0 Å². The summed E-state index contributed by atoms with van der Waals surface area (Å²) < 4.78 is 0. The van der Waals surface area contributed by atoms with Gasteiger partial charge in [0.1, 0.15) is 0 Å². The number of nitrogens with zero attached hydrogens (tertiary/aromatic N) is 2. The van der Waals surface area contributed by atoms with Crippen LogP contribution in [0.4, 0.5) is 0 Å². The summed E-state index contributed by atoms with van der Waals surface area (Å²) in [5, 5.41) is 3.24. The molecule has 0 rings (SSSR count). The average molecular weight is 127 g/mol. The Balaban J connectivity index is 3.65. The number of hydrogen-bond donors (Lipinski definition) is 1. The molecule has 0 unspecified atom stereocenters. The maximum absolute atomic E-state index is 6.56. The van der Waals surface area contributed by atoms with Crippen LogP contribution in [0.5, 0.6) is 0 Å². The molecule has 0 fully saturated rings. The number of nitrogens with one attached hydrogen (secondary N) is 1. The highest BCUT2D eigenvalue weighted by Gasteiger charge is 1.90. The van der Waals surface area contributed by atoms with Gasteiger partial charge in [-0.3, -0.25) is 4.99 Å². The standard InChI is InChI=1S/C6H13N3/c1-3-6(5-9-7)8-4-2/h7H,3-5H2,1-2H3. The lowest BCUT2D eigenvalue weighted by Crippen LogP contribution is -2.00. The van der Waals surface area contributed by atoms with Crippen molar-refractivity contribution in [2.45, 2.75) is 20.3 Å². The van der Waals surface area contributed by atoms with E-state index in [4.69, 9.17) is 5.53 Å². The molecule has 0 aromatic rings. The van der Waals surface area contributed by atoms with E-state index in [1.165, 1.54) is 0 Å². The molecule has 0 bridgehead atoms. The van der Waals surface area contributed by atoms with Crippen molar-refractivity contribution in [3.8, 4) is 0 Å². The van der Waals surface area contributed by atoms with Crippen molar-refractivity contribution in [2.75, 3.05) is 13.1 Å². The largest absolute Gasteiger partial charge is 0.292 e. The first-order valence-electron chi connectivity index (χ1n) is 3.20. The second kappa shape index (κ2) is 5.41. The van der Waals surface area contributed by atoms with Crippen LogP contribution in [0.3, 0.4) is 0 Å². The molecule has 0 aromatic heterocycles. The first-order valence-corrected chi connectivity index (χ1v) is 3.20. The molecule has 0 atom stereocenters.